The summed E-state index contributed by atoms with van der Waals surface area (Å²) in [5.74, 6) is 0.257. The minimum atomic E-state index is -0.418. The van der Waals surface area contributed by atoms with Gasteiger partial charge in [-0.2, -0.15) is 0 Å². The second-order valence-electron chi connectivity index (χ2n) is 4.99. The number of hydrogen-bond donors (Lipinski definition) is 1. The highest BCUT2D eigenvalue weighted by Crippen LogP contribution is 2.29. The van der Waals surface area contributed by atoms with Crippen LogP contribution in [0.2, 0.25) is 0 Å². The molecule has 1 aromatic heterocycles. The molecule has 0 saturated heterocycles. The Morgan fingerprint density at radius 3 is 2.74 bits per heavy atom. The number of carbonyl (C=O) groups excluding carboxylic acids is 1. The van der Waals surface area contributed by atoms with E-state index in [0.717, 1.165) is 12.8 Å². The molecule has 0 bridgehead atoms. The highest BCUT2D eigenvalue weighted by atomic mass is 16.5. The molecule has 0 spiro atoms. The zero-order valence-corrected chi connectivity index (χ0v) is 11.6. The van der Waals surface area contributed by atoms with Crippen molar-refractivity contribution in [2.45, 2.75) is 38.1 Å². The van der Waals surface area contributed by atoms with Crippen LogP contribution in [0, 0.1) is 0 Å². The highest BCUT2D eigenvalue weighted by Gasteiger charge is 2.23. The van der Waals surface area contributed by atoms with Gasteiger partial charge in [0.1, 0.15) is 0 Å². The maximum Gasteiger partial charge on any atom is 0.340 e. The number of carbonyl (C=O) groups is 1. The molecule has 1 saturated carbocycles. The third-order valence-corrected chi connectivity index (χ3v) is 3.83. The number of nitrogens with two attached hydrogens (primary N) is 1. The van der Waals surface area contributed by atoms with E-state index >= 15 is 0 Å². The average Bonchev–Trinajstić information content (AvgIpc) is 2.47. The van der Waals surface area contributed by atoms with E-state index in [1.807, 2.05) is 7.05 Å². The SMILES string of the molecule is COC(=O)c1ccnc(N(C)C2CCCCC2)c1N. The lowest BCUT2D eigenvalue weighted by Gasteiger charge is -2.32. The molecular weight excluding hydrogens is 242 g/mol. The Kier molecular flexibility index (Phi) is 4.24. The molecule has 2 rings (SSSR count). The summed E-state index contributed by atoms with van der Waals surface area (Å²) in [7, 11) is 3.35. The van der Waals surface area contributed by atoms with Gasteiger partial charge in [-0.05, 0) is 18.9 Å². The minimum Gasteiger partial charge on any atom is -0.465 e. The van der Waals surface area contributed by atoms with Crippen LogP contribution in [0.1, 0.15) is 42.5 Å². The number of anilines is 2. The second kappa shape index (κ2) is 5.91. The first-order valence-corrected chi connectivity index (χ1v) is 6.70. The Morgan fingerprint density at radius 2 is 2.11 bits per heavy atom. The molecule has 1 fully saturated rings. The monoisotopic (exact) mass is 263 g/mol. The molecule has 1 aromatic rings. The van der Waals surface area contributed by atoms with Crippen LogP contribution in [0.4, 0.5) is 11.5 Å². The molecule has 5 nitrogen and oxygen atoms in total. The van der Waals surface area contributed by atoms with Crippen LogP contribution in [0.15, 0.2) is 12.3 Å². The first-order valence-electron chi connectivity index (χ1n) is 6.70. The molecule has 0 aromatic carbocycles. The van der Waals surface area contributed by atoms with Gasteiger partial charge in [0, 0.05) is 19.3 Å². The van der Waals surface area contributed by atoms with Crippen LogP contribution in [0.5, 0.6) is 0 Å². The van der Waals surface area contributed by atoms with Gasteiger partial charge >= 0.3 is 5.97 Å². The summed E-state index contributed by atoms with van der Waals surface area (Å²) in [5.41, 5.74) is 6.85. The van der Waals surface area contributed by atoms with Crippen LogP contribution in [-0.2, 0) is 4.74 Å². The summed E-state index contributed by atoms with van der Waals surface area (Å²) in [5, 5.41) is 0. The molecule has 0 aliphatic heterocycles. The van der Waals surface area contributed by atoms with Crippen molar-refractivity contribution in [3.8, 4) is 0 Å². The standard InChI is InChI=1S/C14H21N3O2/c1-17(10-6-4-3-5-7-10)13-12(15)11(8-9-16-13)14(18)19-2/h8-10H,3-7,15H2,1-2H3. The number of esters is 1. The Balaban J connectivity index is 2.26. The third kappa shape index (κ3) is 2.80. The molecule has 104 valence electrons. The molecule has 0 radical (unpaired) electrons. The van der Waals surface area contributed by atoms with Gasteiger partial charge < -0.3 is 15.4 Å². The number of aromatic nitrogens is 1. The molecule has 2 N–H and O–H groups in total. The van der Waals surface area contributed by atoms with E-state index in [1.165, 1.54) is 26.4 Å². The fraction of sp³-hybridized carbons (Fsp3) is 0.571. The summed E-state index contributed by atoms with van der Waals surface area (Å²) in [6.07, 6.45) is 7.70. The van der Waals surface area contributed by atoms with E-state index < -0.39 is 5.97 Å². The zero-order valence-electron chi connectivity index (χ0n) is 11.6. The van der Waals surface area contributed by atoms with Crippen molar-refractivity contribution in [2.24, 2.45) is 0 Å². The lowest BCUT2D eigenvalue weighted by Crippen LogP contribution is -2.34. The Bertz CT molecular complexity index is 456. The number of ether oxygens (including phenoxy) is 1. The fourth-order valence-electron chi connectivity index (χ4n) is 2.67. The summed E-state index contributed by atoms with van der Waals surface area (Å²) < 4.78 is 4.73. The molecular formula is C14H21N3O2. The quantitative estimate of drug-likeness (QED) is 0.847. The first-order chi connectivity index (χ1) is 9.15. The lowest BCUT2D eigenvalue weighted by molar-refractivity contribution is 0.0602. The molecule has 5 heteroatoms. The summed E-state index contributed by atoms with van der Waals surface area (Å²) >= 11 is 0. The number of methoxy groups -OCH3 is 1. The molecule has 1 aliphatic carbocycles. The first kappa shape index (κ1) is 13.6. The van der Waals surface area contributed by atoms with E-state index in [0.29, 0.717) is 23.1 Å². The van der Waals surface area contributed by atoms with Gasteiger partial charge in [0.25, 0.3) is 0 Å². The van der Waals surface area contributed by atoms with Crippen LogP contribution in [-0.4, -0.2) is 31.2 Å². The molecule has 1 heterocycles. The van der Waals surface area contributed by atoms with Crippen molar-refractivity contribution < 1.29 is 9.53 Å². The van der Waals surface area contributed by atoms with Gasteiger partial charge in [-0.3, -0.25) is 0 Å². The van der Waals surface area contributed by atoms with E-state index in [9.17, 15) is 4.79 Å². The topological polar surface area (TPSA) is 68.5 Å². The number of nitrogens with zero attached hydrogens (tertiary/aromatic N) is 2. The molecule has 0 atom stereocenters. The number of hydrogen-bond acceptors (Lipinski definition) is 5. The maximum atomic E-state index is 11.6. The summed E-state index contributed by atoms with van der Waals surface area (Å²) in [4.78, 5) is 18.1. The van der Waals surface area contributed by atoms with Crippen molar-refractivity contribution in [3.05, 3.63) is 17.8 Å². The Morgan fingerprint density at radius 1 is 1.42 bits per heavy atom. The van der Waals surface area contributed by atoms with Crippen LogP contribution in [0.3, 0.4) is 0 Å². The normalized spacial score (nSPS) is 16.1. The number of pyridine rings is 1. The second-order valence-corrected chi connectivity index (χ2v) is 4.99. The van der Waals surface area contributed by atoms with Crippen LogP contribution >= 0.6 is 0 Å². The van der Waals surface area contributed by atoms with E-state index in [-0.39, 0.29) is 0 Å². The van der Waals surface area contributed by atoms with Crippen molar-refractivity contribution in [1.82, 2.24) is 4.98 Å². The van der Waals surface area contributed by atoms with Gasteiger partial charge in [-0.1, -0.05) is 19.3 Å². The van der Waals surface area contributed by atoms with Gasteiger partial charge in [0.2, 0.25) is 0 Å². The third-order valence-electron chi connectivity index (χ3n) is 3.83. The Hall–Kier alpha value is -1.78. The van der Waals surface area contributed by atoms with Crippen LogP contribution in [0.25, 0.3) is 0 Å². The molecule has 1 aliphatic rings. The minimum absolute atomic E-state index is 0.384. The van der Waals surface area contributed by atoms with Crippen molar-refractivity contribution in [2.75, 3.05) is 24.8 Å². The van der Waals surface area contributed by atoms with Gasteiger partial charge in [-0.15, -0.1) is 0 Å². The fourth-order valence-corrected chi connectivity index (χ4v) is 2.67. The van der Waals surface area contributed by atoms with Crippen molar-refractivity contribution >= 4 is 17.5 Å². The molecule has 0 unspecified atom stereocenters. The van der Waals surface area contributed by atoms with E-state index in [1.54, 1.807) is 12.3 Å². The predicted octanol–water partition coefficient (Wildman–Crippen LogP) is 2.22. The number of nitrogen functional groups attached to an aromatic ring is 1. The summed E-state index contributed by atoms with van der Waals surface area (Å²) in [6.45, 7) is 0. The lowest BCUT2D eigenvalue weighted by atomic mass is 9.94. The van der Waals surface area contributed by atoms with Crippen molar-refractivity contribution in [1.29, 1.82) is 0 Å². The zero-order chi connectivity index (χ0) is 13.8. The maximum absolute atomic E-state index is 11.6. The smallest absolute Gasteiger partial charge is 0.340 e. The predicted molar refractivity (Wildman–Crippen MR) is 75.3 cm³/mol. The van der Waals surface area contributed by atoms with Gasteiger partial charge in [0.05, 0.1) is 18.4 Å². The van der Waals surface area contributed by atoms with Gasteiger partial charge in [0.15, 0.2) is 5.82 Å². The molecule has 19 heavy (non-hydrogen) atoms. The molecule has 0 amide bonds. The van der Waals surface area contributed by atoms with Crippen molar-refractivity contribution in [3.63, 3.8) is 0 Å². The highest BCUT2D eigenvalue weighted by molar-refractivity contribution is 5.97. The average molecular weight is 263 g/mol. The van der Waals surface area contributed by atoms with Crippen LogP contribution < -0.4 is 10.6 Å². The van der Waals surface area contributed by atoms with E-state index in [2.05, 4.69) is 9.88 Å². The number of rotatable bonds is 3. The van der Waals surface area contributed by atoms with Gasteiger partial charge in [-0.25, -0.2) is 9.78 Å². The summed E-state index contributed by atoms with van der Waals surface area (Å²) in [6, 6.07) is 2.05. The van der Waals surface area contributed by atoms with E-state index in [4.69, 9.17) is 10.5 Å². The largest absolute Gasteiger partial charge is 0.465 e. The Labute approximate surface area is 113 Å².